The smallest absolute Gasteiger partial charge is 0.408 e. The first-order valence-corrected chi connectivity index (χ1v) is 8.50. The highest BCUT2D eigenvalue weighted by Crippen LogP contribution is 2.40. The summed E-state index contributed by atoms with van der Waals surface area (Å²) in [5.41, 5.74) is 1.13. The number of amides is 1. The Bertz CT molecular complexity index is 1100. The fourth-order valence-corrected chi connectivity index (χ4v) is 3.10. The molecule has 0 radical (unpaired) electrons. The predicted octanol–water partition coefficient (Wildman–Crippen LogP) is 3.24. The van der Waals surface area contributed by atoms with Crippen LogP contribution in [0.5, 0.6) is 0 Å². The molecule has 1 amide bonds. The molecule has 1 atom stereocenters. The van der Waals surface area contributed by atoms with Gasteiger partial charge in [-0.2, -0.15) is 23.5 Å². The molecular formula is C18H14F3N5O2. The summed E-state index contributed by atoms with van der Waals surface area (Å²) in [5, 5.41) is 15.3. The first-order valence-electron chi connectivity index (χ1n) is 8.50. The first-order chi connectivity index (χ1) is 13.3. The van der Waals surface area contributed by atoms with Gasteiger partial charge < -0.3 is 9.73 Å². The quantitative estimate of drug-likeness (QED) is 0.739. The number of furan rings is 1. The monoisotopic (exact) mass is 389 g/mol. The van der Waals surface area contributed by atoms with E-state index >= 15 is 0 Å². The minimum absolute atomic E-state index is 0.0788. The Morgan fingerprint density at radius 2 is 2.21 bits per heavy atom. The van der Waals surface area contributed by atoms with Gasteiger partial charge in [-0.15, -0.1) is 0 Å². The second kappa shape index (κ2) is 6.37. The normalized spacial score (nSPS) is 15.4. The lowest BCUT2D eigenvalue weighted by Gasteiger charge is -2.20. The SMILES string of the molecule is Cc1cc(-c2occc2C#N)nc2c(C(=O)NC(C3CC3)C(F)(F)F)cnn12. The van der Waals surface area contributed by atoms with Gasteiger partial charge in [-0.25, -0.2) is 9.50 Å². The van der Waals surface area contributed by atoms with Crippen LogP contribution in [0.15, 0.2) is 29.0 Å². The summed E-state index contributed by atoms with van der Waals surface area (Å²) in [6.07, 6.45) is -1.15. The molecule has 3 heterocycles. The number of hydrogen-bond donors (Lipinski definition) is 1. The van der Waals surface area contributed by atoms with Gasteiger partial charge in [-0.3, -0.25) is 4.79 Å². The van der Waals surface area contributed by atoms with E-state index in [1.165, 1.54) is 23.0 Å². The number of halogens is 3. The van der Waals surface area contributed by atoms with E-state index in [2.05, 4.69) is 15.4 Å². The van der Waals surface area contributed by atoms with Crippen LogP contribution < -0.4 is 5.32 Å². The molecule has 4 rings (SSSR count). The molecular weight excluding hydrogens is 375 g/mol. The highest BCUT2D eigenvalue weighted by atomic mass is 19.4. The van der Waals surface area contributed by atoms with Crippen LogP contribution in [-0.2, 0) is 0 Å². The average Bonchev–Trinajstić information content (AvgIpc) is 3.18. The van der Waals surface area contributed by atoms with E-state index in [4.69, 9.17) is 9.68 Å². The number of hydrogen-bond acceptors (Lipinski definition) is 5. The van der Waals surface area contributed by atoms with Crippen molar-refractivity contribution in [3.8, 4) is 17.5 Å². The van der Waals surface area contributed by atoms with Crippen molar-refractivity contribution in [2.24, 2.45) is 5.92 Å². The Hall–Kier alpha value is -3.35. The Labute approximate surface area is 156 Å². The molecule has 1 aliphatic carbocycles. The van der Waals surface area contributed by atoms with Crippen molar-refractivity contribution in [2.45, 2.75) is 32.0 Å². The van der Waals surface area contributed by atoms with Crippen molar-refractivity contribution in [2.75, 3.05) is 0 Å². The average molecular weight is 389 g/mol. The zero-order valence-electron chi connectivity index (χ0n) is 14.6. The fourth-order valence-electron chi connectivity index (χ4n) is 3.10. The zero-order valence-corrected chi connectivity index (χ0v) is 14.6. The molecule has 7 nitrogen and oxygen atoms in total. The van der Waals surface area contributed by atoms with Crippen LogP contribution in [0, 0.1) is 24.2 Å². The second-order valence-electron chi connectivity index (χ2n) is 6.68. The van der Waals surface area contributed by atoms with Crippen LogP contribution in [0.4, 0.5) is 13.2 Å². The first kappa shape index (κ1) is 18.0. The molecule has 3 aromatic heterocycles. The third-order valence-electron chi connectivity index (χ3n) is 4.65. The molecule has 10 heteroatoms. The summed E-state index contributed by atoms with van der Waals surface area (Å²) in [4.78, 5) is 16.9. The highest BCUT2D eigenvalue weighted by molar-refractivity contribution is 6.00. The number of carbonyl (C=O) groups is 1. The third kappa shape index (κ3) is 3.09. The van der Waals surface area contributed by atoms with E-state index in [0.29, 0.717) is 18.5 Å². The number of nitrogens with one attached hydrogen (secondary N) is 1. The molecule has 1 unspecified atom stereocenters. The van der Waals surface area contributed by atoms with Crippen LogP contribution in [0.25, 0.3) is 17.1 Å². The number of aromatic nitrogens is 3. The lowest BCUT2D eigenvalue weighted by Crippen LogP contribution is -2.46. The van der Waals surface area contributed by atoms with Crippen molar-refractivity contribution in [1.29, 1.82) is 5.26 Å². The van der Waals surface area contributed by atoms with E-state index in [1.807, 2.05) is 6.07 Å². The number of alkyl halides is 3. The minimum atomic E-state index is -4.52. The van der Waals surface area contributed by atoms with E-state index in [-0.39, 0.29) is 28.2 Å². The molecule has 28 heavy (non-hydrogen) atoms. The van der Waals surface area contributed by atoms with Gasteiger partial charge in [0.2, 0.25) is 0 Å². The van der Waals surface area contributed by atoms with Crippen molar-refractivity contribution < 1.29 is 22.4 Å². The Kier molecular flexibility index (Phi) is 4.10. The third-order valence-corrected chi connectivity index (χ3v) is 4.65. The molecule has 1 N–H and O–H groups in total. The number of aryl methyl sites for hydroxylation is 1. The number of carbonyl (C=O) groups excluding carboxylic acids is 1. The van der Waals surface area contributed by atoms with E-state index in [0.717, 1.165) is 0 Å². The molecule has 0 spiro atoms. The van der Waals surface area contributed by atoms with E-state index < -0.39 is 24.0 Å². The number of rotatable bonds is 4. The molecule has 0 saturated heterocycles. The maximum atomic E-state index is 13.2. The maximum Gasteiger partial charge on any atom is 0.408 e. The number of nitrogens with zero attached hydrogens (tertiary/aromatic N) is 4. The predicted molar refractivity (Wildman–Crippen MR) is 90.2 cm³/mol. The standard InChI is InChI=1S/C18H14F3N5O2/c1-9-6-13(14-11(7-22)4-5-28-14)24-16-12(8-23-26(9)16)17(27)25-15(10-2-3-10)18(19,20)21/h4-6,8,10,15H,2-3H2,1H3,(H,25,27). The molecule has 1 aliphatic rings. The topological polar surface area (TPSA) is 96.2 Å². The molecule has 0 bridgehead atoms. The molecule has 144 valence electrons. The Balaban J connectivity index is 1.74. The van der Waals surface area contributed by atoms with Crippen molar-refractivity contribution in [3.63, 3.8) is 0 Å². The van der Waals surface area contributed by atoms with Crippen molar-refractivity contribution in [1.82, 2.24) is 19.9 Å². The summed E-state index contributed by atoms with van der Waals surface area (Å²) in [5.74, 6) is -1.28. The van der Waals surface area contributed by atoms with Crippen molar-refractivity contribution >= 4 is 11.6 Å². The van der Waals surface area contributed by atoms with E-state index in [9.17, 15) is 18.0 Å². The Morgan fingerprint density at radius 3 is 2.86 bits per heavy atom. The molecule has 1 saturated carbocycles. The summed E-state index contributed by atoms with van der Waals surface area (Å²) < 4.78 is 46.4. The van der Waals surface area contributed by atoms with Gasteiger partial charge in [-0.1, -0.05) is 0 Å². The molecule has 1 fully saturated rings. The van der Waals surface area contributed by atoms with E-state index in [1.54, 1.807) is 13.0 Å². The molecule has 3 aromatic rings. The van der Waals surface area contributed by atoms with Crippen LogP contribution in [0.3, 0.4) is 0 Å². The summed E-state index contributed by atoms with van der Waals surface area (Å²) in [6.45, 7) is 1.70. The lowest BCUT2D eigenvalue weighted by atomic mass is 10.1. The van der Waals surface area contributed by atoms with Gasteiger partial charge >= 0.3 is 6.18 Å². The van der Waals surface area contributed by atoms with Gasteiger partial charge in [0.15, 0.2) is 11.4 Å². The fraction of sp³-hybridized carbons (Fsp3) is 0.333. The van der Waals surface area contributed by atoms with Crippen LogP contribution >= 0.6 is 0 Å². The lowest BCUT2D eigenvalue weighted by molar-refractivity contribution is -0.158. The number of fused-ring (bicyclic) bond motifs is 1. The Morgan fingerprint density at radius 1 is 1.46 bits per heavy atom. The van der Waals surface area contributed by atoms with Crippen LogP contribution in [-0.4, -0.2) is 32.7 Å². The molecule has 0 aromatic carbocycles. The summed E-state index contributed by atoms with van der Waals surface area (Å²) >= 11 is 0. The minimum Gasteiger partial charge on any atom is -0.461 e. The number of nitriles is 1. The second-order valence-corrected chi connectivity index (χ2v) is 6.68. The van der Waals surface area contributed by atoms with Gasteiger partial charge in [0, 0.05) is 5.69 Å². The van der Waals surface area contributed by atoms with Crippen LogP contribution in [0.2, 0.25) is 0 Å². The van der Waals surface area contributed by atoms with Gasteiger partial charge in [0.1, 0.15) is 23.4 Å². The highest BCUT2D eigenvalue weighted by Gasteiger charge is 2.49. The van der Waals surface area contributed by atoms with Gasteiger partial charge in [0.25, 0.3) is 5.91 Å². The van der Waals surface area contributed by atoms with Gasteiger partial charge in [-0.05, 0) is 37.8 Å². The summed E-state index contributed by atoms with van der Waals surface area (Å²) in [7, 11) is 0. The van der Waals surface area contributed by atoms with Gasteiger partial charge in [0.05, 0.1) is 18.0 Å². The summed E-state index contributed by atoms with van der Waals surface area (Å²) in [6, 6.07) is 3.17. The molecule has 0 aliphatic heterocycles. The van der Waals surface area contributed by atoms with Crippen molar-refractivity contribution in [3.05, 3.63) is 41.4 Å². The largest absolute Gasteiger partial charge is 0.461 e. The maximum absolute atomic E-state index is 13.2. The van der Waals surface area contributed by atoms with Crippen LogP contribution in [0.1, 0.15) is 34.5 Å². The zero-order chi connectivity index (χ0) is 20.1.